The lowest BCUT2D eigenvalue weighted by atomic mass is 10.2. The molecule has 0 spiro atoms. The van der Waals surface area contributed by atoms with Crippen LogP contribution in [0.1, 0.15) is 5.56 Å². The van der Waals surface area contributed by atoms with E-state index in [1.54, 1.807) is 18.2 Å². The van der Waals surface area contributed by atoms with Gasteiger partial charge in [-0.3, -0.25) is 4.79 Å². The number of sulfonamides is 1. The van der Waals surface area contributed by atoms with Gasteiger partial charge in [0, 0.05) is 26.2 Å². The molecular formula is C19H18FN3O4S. The van der Waals surface area contributed by atoms with Gasteiger partial charge in [-0.2, -0.15) is 9.57 Å². The minimum atomic E-state index is -3.95. The van der Waals surface area contributed by atoms with Crippen molar-refractivity contribution in [3.8, 4) is 11.8 Å². The molecule has 1 fully saturated rings. The van der Waals surface area contributed by atoms with Crippen molar-refractivity contribution in [3.63, 3.8) is 0 Å². The van der Waals surface area contributed by atoms with Crippen molar-refractivity contribution in [2.24, 2.45) is 0 Å². The molecule has 0 aromatic heterocycles. The first-order valence-corrected chi connectivity index (χ1v) is 10.0. The highest BCUT2D eigenvalue weighted by Gasteiger charge is 2.31. The molecule has 7 nitrogen and oxygen atoms in total. The summed E-state index contributed by atoms with van der Waals surface area (Å²) in [5.41, 5.74) is 0.428. The van der Waals surface area contributed by atoms with E-state index in [1.807, 2.05) is 6.07 Å². The van der Waals surface area contributed by atoms with Gasteiger partial charge in [-0.1, -0.05) is 18.2 Å². The molecule has 0 unspecified atom stereocenters. The molecule has 0 N–H and O–H groups in total. The predicted molar refractivity (Wildman–Crippen MR) is 98.4 cm³/mol. The summed E-state index contributed by atoms with van der Waals surface area (Å²) in [7, 11) is -3.95. The molecule has 1 heterocycles. The van der Waals surface area contributed by atoms with Gasteiger partial charge in [0.2, 0.25) is 10.0 Å². The fourth-order valence-corrected chi connectivity index (χ4v) is 4.35. The SMILES string of the molecule is N#Cc1cccc(OCC(=O)N2CCN(S(=O)(=O)c3ccccc3F)CC2)c1. The summed E-state index contributed by atoms with van der Waals surface area (Å²) in [4.78, 5) is 13.5. The number of amides is 1. The topological polar surface area (TPSA) is 90.7 Å². The predicted octanol–water partition coefficient (Wildman–Crippen LogP) is 1.61. The number of rotatable bonds is 5. The first-order valence-electron chi connectivity index (χ1n) is 8.57. The van der Waals surface area contributed by atoms with Crippen LogP contribution in [0.5, 0.6) is 5.75 Å². The molecule has 9 heteroatoms. The van der Waals surface area contributed by atoms with Gasteiger partial charge in [-0.25, -0.2) is 12.8 Å². The van der Waals surface area contributed by atoms with Crippen LogP contribution < -0.4 is 4.74 Å². The van der Waals surface area contributed by atoms with Crippen LogP contribution in [-0.2, 0) is 14.8 Å². The lowest BCUT2D eigenvalue weighted by molar-refractivity contribution is -0.134. The van der Waals surface area contributed by atoms with E-state index in [2.05, 4.69) is 0 Å². The number of nitrogens with zero attached hydrogens (tertiary/aromatic N) is 3. The van der Waals surface area contributed by atoms with Gasteiger partial charge in [-0.05, 0) is 30.3 Å². The smallest absolute Gasteiger partial charge is 0.260 e. The van der Waals surface area contributed by atoms with Gasteiger partial charge in [0.1, 0.15) is 16.5 Å². The molecule has 3 rings (SSSR count). The summed E-state index contributed by atoms with van der Waals surface area (Å²) < 4.78 is 45.6. The second kappa shape index (κ2) is 8.37. The zero-order valence-corrected chi connectivity index (χ0v) is 15.7. The first-order chi connectivity index (χ1) is 13.4. The summed E-state index contributed by atoms with van der Waals surface area (Å²) in [5.74, 6) is -0.674. The van der Waals surface area contributed by atoms with Crippen LogP contribution in [0.4, 0.5) is 4.39 Å². The Labute approximate surface area is 162 Å². The third kappa shape index (κ3) is 4.30. The molecule has 2 aromatic rings. The lowest BCUT2D eigenvalue weighted by Crippen LogP contribution is -2.51. The monoisotopic (exact) mass is 403 g/mol. The minimum Gasteiger partial charge on any atom is -0.484 e. The summed E-state index contributed by atoms with van der Waals surface area (Å²) in [6.45, 7) is 0.315. The van der Waals surface area contributed by atoms with Crippen LogP contribution in [0.25, 0.3) is 0 Å². The van der Waals surface area contributed by atoms with Crippen molar-refractivity contribution >= 4 is 15.9 Å². The average molecular weight is 403 g/mol. The zero-order valence-electron chi connectivity index (χ0n) is 14.9. The van der Waals surface area contributed by atoms with E-state index < -0.39 is 15.8 Å². The van der Waals surface area contributed by atoms with Crippen LogP contribution in [0.2, 0.25) is 0 Å². The van der Waals surface area contributed by atoms with Crippen LogP contribution in [0.3, 0.4) is 0 Å². The number of nitriles is 1. The number of hydrogen-bond donors (Lipinski definition) is 0. The van der Waals surface area contributed by atoms with Crippen LogP contribution in [0, 0.1) is 17.1 Å². The number of carbonyl (C=O) groups is 1. The standard InChI is InChI=1S/C19H18FN3O4S/c20-17-6-1-2-7-18(17)28(25,26)23-10-8-22(9-11-23)19(24)14-27-16-5-3-4-15(12-16)13-21/h1-7,12H,8-11,14H2. The van der Waals surface area contributed by atoms with Gasteiger partial charge < -0.3 is 9.64 Å². The quantitative estimate of drug-likeness (QED) is 0.757. The molecule has 0 radical (unpaired) electrons. The molecule has 0 saturated carbocycles. The number of ether oxygens (including phenoxy) is 1. The van der Waals surface area contributed by atoms with Crippen molar-refractivity contribution in [1.29, 1.82) is 5.26 Å². The lowest BCUT2D eigenvalue weighted by Gasteiger charge is -2.34. The van der Waals surface area contributed by atoms with Gasteiger partial charge in [0.15, 0.2) is 6.61 Å². The number of benzene rings is 2. The fraction of sp³-hybridized carbons (Fsp3) is 0.263. The third-order valence-electron chi connectivity index (χ3n) is 4.37. The summed E-state index contributed by atoms with van der Waals surface area (Å²) in [6, 6.07) is 13.7. The Morgan fingerprint density at radius 2 is 1.82 bits per heavy atom. The maximum absolute atomic E-state index is 13.9. The second-order valence-electron chi connectivity index (χ2n) is 6.14. The fourth-order valence-electron chi connectivity index (χ4n) is 2.86. The number of hydrogen-bond acceptors (Lipinski definition) is 5. The Hall–Kier alpha value is -2.96. The normalized spacial score (nSPS) is 15.1. The van der Waals surface area contributed by atoms with E-state index >= 15 is 0 Å². The Morgan fingerprint density at radius 3 is 2.50 bits per heavy atom. The van der Waals surface area contributed by atoms with E-state index in [0.29, 0.717) is 11.3 Å². The molecule has 28 heavy (non-hydrogen) atoms. The number of halogens is 1. The zero-order chi connectivity index (χ0) is 20.1. The summed E-state index contributed by atoms with van der Waals surface area (Å²) in [6.07, 6.45) is 0. The molecule has 1 amide bonds. The van der Waals surface area contributed by atoms with Gasteiger partial charge in [0.25, 0.3) is 5.91 Å². The summed E-state index contributed by atoms with van der Waals surface area (Å²) in [5, 5.41) is 8.88. The molecule has 0 aliphatic carbocycles. The van der Waals surface area contributed by atoms with E-state index in [0.717, 1.165) is 6.07 Å². The highest BCUT2D eigenvalue weighted by atomic mass is 32.2. The second-order valence-corrected chi connectivity index (χ2v) is 8.05. The molecule has 0 bridgehead atoms. The Balaban J connectivity index is 1.57. The van der Waals surface area contributed by atoms with Gasteiger partial charge >= 0.3 is 0 Å². The summed E-state index contributed by atoms with van der Waals surface area (Å²) >= 11 is 0. The molecule has 1 saturated heterocycles. The van der Waals surface area contributed by atoms with Crippen molar-refractivity contribution < 1.29 is 22.3 Å². The third-order valence-corrected chi connectivity index (χ3v) is 6.30. The molecule has 1 aliphatic rings. The molecular weight excluding hydrogens is 385 g/mol. The van der Waals surface area contributed by atoms with Crippen molar-refractivity contribution in [2.45, 2.75) is 4.90 Å². The number of piperazine rings is 1. The minimum absolute atomic E-state index is 0.0757. The first kappa shape index (κ1) is 19.8. The van der Waals surface area contributed by atoms with Crippen LogP contribution in [-0.4, -0.2) is 56.3 Å². The molecule has 146 valence electrons. The molecule has 2 aromatic carbocycles. The maximum Gasteiger partial charge on any atom is 0.260 e. The van der Waals surface area contributed by atoms with E-state index in [4.69, 9.17) is 10.00 Å². The molecule has 1 aliphatic heterocycles. The maximum atomic E-state index is 13.9. The van der Waals surface area contributed by atoms with E-state index in [9.17, 15) is 17.6 Å². The highest BCUT2D eigenvalue weighted by Crippen LogP contribution is 2.20. The molecule has 0 atom stereocenters. The van der Waals surface area contributed by atoms with Gasteiger partial charge in [-0.15, -0.1) is 0 Å². The van der Waals surface area contributed by atoms with Crippen molar-refractivity contribution in [2.75, 3.05) is 32.8 Å². The van der Waals surface area contributed by atoms with E-state index in [1.165, 1.54) is 33.5 Å². The van der Waals surface area contributed by atoms with Crippen LogP contribution >= 0.6 is 0 Å². The average Bonchev–Trinajstić information content (AvgIpc) is 2.72. The Kier molecular flexibility index (Phi) is 5.92. The largest absolute Gasteiger partial charge is 0.484 e. The number of carbonyl (C=O) groups excluding carboxylic acids is 1. The van der Waals surface area contributed by atoms with Gasteiger partial charge in [0.05, 0.1) is 11.6 Å². The van der Waals surface area contributed by atoms with E-state index in [-0.39, 0.29) is 43.6 Å². The van der Waals surface area contributed by atoms with Crippen molar-refractivity contribution in [1.82, 2.24) is 9.21 Å². The van der Waals surface area contributed by atoms with Crippen LogP contribution in [0.15, 0.2) is 53.4 Å². The Morgan fingerprint density at radius 1 is 1.11 bits per heavy atom. The highest BCUT2D eigenvalue weighted by molar-refractivity contribution is 7.89. The Bertz CT molecular complexity index is 1010. The van der Waals surface area contributed by atoms with Crippen molar-refractivity contribution in [3.05, 3.63) is 59.9 Å².